The Morgan fingerprint density at radius 3 is 2.73 bits per heavy atom. The minimum absolute atomic E-state index is 0.436. The van der Waals surface area contributed by atoms with Gasteiger partial charge < -0.3 is 9.88 Å². The Bertz CT molecular complexity index is 327. The van der Waals surface area contributed by atoms with E-state index in [1.54, 1.807) is 0 Å². The van der Waals surface area contributed by atoms with Crippen LogP contribution in [-0.4, -0.2) is 15.6 Å². The van der Waals surface area contributed by atoms with E-state index >= 15 is 0 Å². The molecule has 84 valence electrons. The maximum atomic E-state index is 4.41. The first-order chi connectivity index (χ1) is 7.18. The van der Waals surface area contributed by atoms with Crippen molar-refractivity contribution in [1.82, 2.24) is 9.55 Å². The van der Waals surface area contributed by atoms with E-state index in [0.29, 0.717) is 12.1 Å². The van der Waals surface area contributed by atoms with Crippen molar-refractivity contribution >= 4 is 21.9 Å². The van der Waals surface area contributed by atoms with Crippen molar-refractivity contribution in [3.05, 3.63) is 10.8 Å². The maximum absolute atomic E-state index is 4.41. The largest absolute Gasteiger partial charge is 0.353 e. The molecule has 2 rings (SSSR count). The molecule has 1 N–H and O–H groups in total. The van der Waals surface area contributed by atoms with Crippen LogP contribution < -0.4 is 5.32 Å². The number of nitrogens with one attached hydrogen (secondary N) is 1. The SMILES string of the molecule is CC(C)n1c(Br)cnc1NC1CCCC1. The number of aromatic nitrogens is 2. The first kappa shape index (κ1) is 11.0. The van der Waals surface area contributed by atoms with Gasteiger partial charge in [-0.05, 0) is 42.6 Å². The quantitative estimate of drug-likeness (QED) is 0.911. The van der Waals surface area contributed by atoms with E-state index in [9.17, 15) is 0 Å². The Hall–Kier alpha value is -0.510. The van der Waals surface area contributed by atoms with Crippen LogP contribution in [0.5, 0.6) is 0 Å². The maximum Gasteiger partial charge on any atom is 0.204 e. The molecule has 0 aliphatic heterocycles. The van der Waals surface area contributed by atoms with Gasteiger partial charge in [0.1, 0.15) is 4.60 Å². The summed E-state index contributed by atoms with van der Waals surface area (Å²) in [5.41, 5.74) is 0. The zero-order valence-corrected chi connectivity index (χ0v) is 10.9. The molecule has 0 aromatic carbocycles. The standard InChI is InChI=1S/C11H18BrN3/c1-8(2)15-10(12)7-13-11(15)14-9-5-3-4-6-9/h7-9H,3-6H2,1-2H3,(H,13,14). The molecule has 15 heavy (non-hydrogen) atoms. The molecule has 1 aliphatic carbocycles. The van der Waals surface area contributed by atoms with Crippen LogP contribution in [0.25, 0.3) is 0 Å². The summed E-state index contributed by atoms with van der Waals surface area (Å²) in [6.45, 7) is 4.35. The molecule has 0 radical (unpaired) electrons. The molecular weight excluding hydrogens is 254 g/mol. The highest BCUT2D eigenvalue weighted by Gasteiger charge is 2.18. The smallest absolute Gasteiger partial charge is 0.204 e. The van der Waals surface area contributed by atoms with Crippen LogP contribution in [0, 0.1) is 0 Å². The van der Waals surface area contributed by atoms with Crippen molar-refractivity contribution in [1.29, 1.82) is 0 Å². The second-order valence-electron chi connectivity index (χ2n) is 4.49. The minimum Gasteiger partial charge on any atom is -0.353 e. The highest BCUT2D eigenvalue weighted by Crippen LogP contribution is 2.26. The summed E-state index contributed by atoms with van der Waals surface area (Å²) in [5.74, 6) is 1.00. The summed E-state index contributed by atoms with van der Waals surface area (Å²) in [5, 5.41) is 3.53. The average molecular weight is 272 g/mol. The highest BCUT2D eigenvalue weighted by molar-refractivity contribution is 9.10. The molecule has 1 fully saturated rings. The molecular formula is C11H18BrN3. The van der Waals surface area contributed by atoms with Gasteiger partial charge >= 0.3 is 0 Å². The third kappa shape index (κ3) is 2.36. The molecule has 0 saturated heterocycles. The number of halogens is 1. The Labute approximate surface area is 99.4 Å². The second-order valence-corrected chi connectivity index (χ2v) is 5.31. The number of hydrogen-bond donors (Lipinski definition) is 1. The first-order valence-corrected chi connectivity index (χ1v) is 6.47. The third-order valence-corrected chi connectivity index (χ3v) is 3.54. The predicted octanol–water partition coefficient (Wildman–Crippen LogP) is 3.58. The highest BCUT2D eigenvalue weighted by atomic mass is 79.9. The summed E-state index contributed by atoms with van der Waals surface area (Å²) >= 11 is 3.53. The fraction of sp³-hybridized carbons (Fsp3) is 0.727. The Morgan fingerprint density at radius 2 is 2.13 bits per heavy atom. The van der Waals surface area contributed by atoms with Crippen molar-refractivity contribution in [3.63, 3.8) is 0 Å². The fourth-order valence-electron chi connectivity index (χ4n) is 2.19. The van der Waals surface area contributed by atoms with E-state index in [1.807, 2.05) is 6.20 Å². The lowest BCUT2D eigenvalue weighted by molar-refractivity contribution is 0.586. The summed E-state index contributed by atoms with van der Waals surface area (Å²) in [6.07, 6.45) is 7.13. The van der Waals surface area contributed by atoms with Gasteiger partial charge in [0.25, 0.3) is 0 Å². The molecule has 1 aromatic rings. The molecule has 0 bridgehead atoms. The molecule has 1 saturated carbocycles. The molecule has 3 nitrogen and oxygen atoms in total. The van der Waals surface area contributed by atoms with Crippen LogP contribution in [0.2, 0.25) is 0 Å². The molecule has 1 aromatic heterocycles. The van der Waals surface area contributed by atoms with E-state index in [2.05, 4.69) is 44.6 Å². The lowest BCUT2D eigenvalue weighted by Crippen LogP contribution is -2.19. The fourth-order valence-corrected chi connectivity index (χ4v) is 2.87. The van der Waals surface area contributed by atoms with Crippen molar-refractivity contribution < 1.29 is 0 Å². The number of nitrogens with zero attached hydrogens (tertiary/aromatic N) is 2. The van der Waals surface area contributed by atoms with Crippen LogP contribution in [0.3, 0.4) is 0 Å². The zero-order chi connectivity index (χ0) is 10.8. The van der Waals surface area contributed by atoms with Crippen molar-refractivity contribution in [2.24, 2.45) is 0 Å². The Balaban J connectivity index is 2.13. The molecule has 0 spiro atoms. The van der Waals surface area contributed by atoms with Gasteiger partial charge in [0, 0.05) is 12.1 Å². The lowest BCUT2D eigenvalue weighted by atomic mass is 10.2. The normalized spacial score (nSPS) is 17.6. The Kier molecular flexibility index (Phi) is 3.34. The minimum atomic E-state index is 0.436. The molecule has 0 amide bonds. The van der Waals surface area contributed by atoms with Crippen LogP contribution in [0.4, 0.5) is 5.95 Å². The van der Waals surface area contributed by atoms with Gasteiger partial charge in [0.05, 0.1) is 6.20 Å². The van der Waals surface area contributed by atoms with Gasteiger partial charge in [0.15, 0.2) is 0 Å². The number of hydrogen-bond acceptors (Lipinski definition) is 2. The molecule has 0 unspecified atom stereocenters. The number of imidazole rings is 1. The van der Waals surface area contributed by atoms with Crippen molar-refractivity contribution in [3.8, 4) is 0 Å². The van der Waals surface area contributed by atoms with Crippen molar-refractivity contribution in [2.45, 2.75) is 51.6 Å². The number of rotatable bonds is 3. The summed E-state index contributed by atoms with van der Waals surface area (Å²) in [6, 6.07) is 1.06. The molecule has 1 aliphatic rings. The van der Waals surface area contributed by atoms with Crippen LogP contribution in [-0.2, 0) is 0 Å². The molecule has 0 atom stereocenters. The van der Waals surface area contributed by atoms with Gasteiger partial charge in [0.2, 0.25) is 5.95 Å². The second kappa shape index (κ2) is 4.56. The van der Waals surface area contributed by atoms with E-state index in [-0.39, 0.29) is 0 Å². The van der Waals surface area contributed by atoms with Gasteiger partial charge in [-0.1, -0.05) is 12.8 Å². The van der Waals surface area contributed by atoms with Crippen LogP contribution >= 0.6 is 15.9 Å². The lowest BCUT2D eigenvalue weighted by Gasteiger charge is -2.17. The van der Waals surface area contributed by atoms with Gasteiger partial charge in [-0.25, -0.2) is 4.98 Å². The van der Waals surface area contributed by atoms with Crippen molar-refractivity contribution in [2.75, 3.05) is 5.32 Å². The summed E-state index contributed by atoms with van der Waals surface area (Å²) in [4.78, 5) is 4.41. The van der Waals surface area contributed by atoms with Gasteiger partial charge in [-0.15, -0.1) is 0 Å². The van der Waals surface area contributed by atoms with E-state index in [0.717, 1.165) is 10.6 Å². The number of anilines is 1. The average Bonchev–Trinajstić information content (AvgIpc) is 2.76. The van der Waals surface area contributed by atoms with E-state index < -0.39 is 0 Å². The van der Waals surface area contributed by atoms with E-state index in [4.69, 9.17) is 0 Å². The summed E-state index contributed by atoms with van der Waals surface area (Å²) in [7, 11) is 0. The Morgan fingerprint density at radius 1 is 1.47 bits per heavy atom. The van der Waals surface area contributed by atoms with Gasteiger partial charge in [-0.3, -0.25) is 0 Å². The monoisotopic (exact) mass is 271 g/mol. The van der Waals surface area contributed by atoms with Crippen LogP contribution in [0.15, 0.2) is 10.8 Å². The molecule has 1 heterocycles. The van der Waals surface area contributed by atoms with Gasteiger partial charge in [-0.2, -0.15) is 0 Å². The summed E-state index contributed by atoms with van der Waals surface area (Å²) < 4.78 is 3.25. The topological polar surface area (TPSA) is 29.9 Å². The predicted molar refractivity (Wildman–Crippen MR) is 66.2 cm³/mol. The van der Waals surface area contributed by atoms with Crippen LogP contribution in [0.1, 0.15) is 45.6 Å². The molecule has 4 heteroatoms. The third-order valence-electron chi connectivity index (χ3n) is 2.96. The van der Waals surface area contributed by atoms with E-state index in [1.165, 1.54) is 25.7 Å². The first-order valence-electron chi connectivity index (χ1n) is 5.67. The zero-order valence-electron chi connectivity index (χ0n) is 9.33.